The van der Waals surface area contributed by atoms with Crippen LogP contribution in [0.5, 0.6) is 11.5 Å². The number of benzene rings is 5. The standard InChI is InChI=1S/C30H26N2O14S3/c1-30(2,3)46-29(34)45-17-6-4-16(5-7-17)14-31-32-26(33)15-44-22-12-23(47(35,36)37)19-10-11-21-25(49(41,42)43)13-24(48(38,39)40)20-9-8-18(22)27(19)28(20)21/h4-14H,15H2,1-3H3,(H,32,33)(H,35,36,37)(H,38,39,40)(H,41,42,43)/b31-14-. The van der Waals surface area contributed by atoms with Gasteiger partial charge in [-0.2, -0.15) is 30.4 Å². The second kappa shape index (κ2) is 12.5. The van der Waals surface area contributed by atoms with Crippen molar-refractivity contribution in [1.82, 2.24) is 5.43 Å². The molecule has 0 heterocycles. The summed E-state index contributed by atoms with van der Waals surface area (Å²) in [5, 5.41) is 2.88. The number of carbonyl (C=O) groups excluding carboxylic acids is 2. The third-order valence-electron chi connectivity index (χ3n) is 6.81. The van der Waals surface area contributed by atoms with Gasteiger partial charge in [0.2, 0.25) is 0 Å². The second-order valence-corrected chi connectivity index (χ2v) is 15.6. The molecule has 0 bridgehead atoms. The second-order valence-electron chi connectivity index (χ2n) is 11.5. The maximum absolute atomic E-state index is 12.6. The van der Waals surface area contributed by atoms with Gasteiger partial charge in [0.25, 0.3) is 36.3 Å². The molecule has 0 saturated heterocycles. The monoisotopic (exact) mass is 734 g/mol. The minimum atomic E-state index is -5.09. The number of nitrogens with one attached hydrogen (secondary N) is 1. The van der Waals surface area contributed by atoms with E-state index >= 15 is 0 Å². The third-order valence-corrected chi connectivity index (χ3v) is 9.49. The van der Waals surface area contributed by atoms with E-state index in [1.165, 1.54) is 42.6 Å². The molecule has 1 amide bonds. The van der Waals surface area contributed by atoms with Gasteiger partial charge in [-0.15, -0.1) is 0 Å². The first kappa shape index (κ1) is 35.4. The van der Waals surface area contributed by atoms with Gasteiger partial charge >= 0.3 is 6.16 Å². The van der Waals surface area contributed by atoms with Crippen LogP contribution in [0, 0.1) is 0 Å². The molecule has 5 rings (SSSR count). The molecule has 5 aromatic carbocycles. The van der Waals surface area contributed by atoms with Gasteiger partial charge < -0.3 is 14.2 Å². The number of nitrogens with zero attached hydrogens (tertiary/aromatic N) is 1. The summed E-state index contributed by atoms with van der Waals surface area (Å²) < 4.78 is 119. The lowest BCUT2D eigenvalue weighted by Crippen LogP contribution is -2.26. The summed E-state index contributed by atoms with van der Waals surface area (Å²) in [5.41, 5.74) is 1.96. The van der Waals surface area contributed by atoms with Crippen molar-refractivity contribution in [3.05, 3.63) is 66.2 Å². The molecule has 258 valence electrons. The highest BCUT2D eigenvalue weighted by Gasteiger charge is 2.28. The molecule has 0 saturated carbocycles. The van der Waals surface area contributed by atoms with Crippen LogP contribution in [0.4, 0.5) is 4.79 Å². The van der Waals surface area contributed by atoms with Crippen LogP contribution in [-0.2, 0) is 39.9 Å². The Balaban J connectivity index is 1.45. The molecule has 0 unspecified atom stereocenters. The van der Waals surface area contributed by atoms with Crippen LogP contribution in [0.1, 0.15) is 26.3 Å². The molecule has 0 radical (unpaired) electrons. The Bertz CT molecular complexity index is 2450. The SMILES string of the molecule is CC(C)(C)OC(=O)Oc1ccc(/C=N\NC(=O)COc2cc(S(=O)(=O)O)c3ccc4c(S(=O)(=O)O)cc(S(=O)(=O)O)c5ccc2c3c54)cc1. The molecule has 4 N–H and O–H groups in total. The third kappa shape index (κ3) is 7.71. The van der Waals surface area contributed by atoms with E-state index in [-0.39, 0.29) is 43.8 Å². The Morgan fingerprint density at radius 3 is 1.69 bits per heavy atom. The first-order chi connectivity index (χ1) is 22.6. The number of hydrogen-bond donors (Lipinski definition) is 4. The maximum Gasteiger partial charge on any atom is 0.514 e. The predicted octanol–water partition coefficient (Wildman–Crippen LogP) is 4.17. The quantitative estimate of drug-likeness (QED) is 0.0415. The number of hydrazone groups is 1. The molecular formula is C30H26N2O14S3. The summed E-state index contributed by atoms with van der Waals surface area (Å²) in [7, 11) is -15.2. The van der Waals surface area contributed by atoms with Gasteiger partial charge in [-0.3, -0.25) is 18.5 Å². The van der Waals surface area contributed by atoms with E-state index in [0.717, 1.165) is 18.2 Å². The average Bonchev–Trinajstić information content (AvgIpc) is 2.96. The number of hydrogen-bond acceptors (Lipinski definition) is 12. The highest BCUT2D eigenvalue weighted by Crippen LogP contribution is 2.45. The van der Waals surface area contributed by atoms with Crippen LogP contribution in [0.2, 0.25) is 0 Å². The maximum atomic E-state index is 12.6. The Morgan fingerprint density at radius 1 is 0.735 bits per heavy atom. The molecule has 19 heteroatoms. The van der Waals surface area contributed by atoms with Crippen LogP contribution in [-0.4, -0.2) is 69.4 Å². The van der Waals surface area contributed by atoms with Crippen LogP contribution < -0.4 is 14.9 Å². The fraction of sp³-hybridized carbons (Fsp3) is 0.167. The number of amides is 1. The predicted molar refractivity (Wildman–Crippen MR) is 174 cm³/mol. The zero-order chi connectivity index (χ0) is 36.1. The molecule has 16 nitrogen and oxygen atoms in total. The lowest BCUT2D eigenvalue weighted by molar-refractivity contribution is -0.123. The molecule has 49 heavy (non-hydrogen) atoms. The minimum Gasteiger partial charge on any atom is -0.483 e. The molecule has 0 aromatic heterocycles. The summed E-state index contributed by atoms with van der Waals surface area (Å²) in [5.74, 6) is -0.910. The highest BCUT2D eigenvalue weighted by molar-refractivity contribution is 7.87. The zero-order valence-corrected chi connectivity index (χ0v) is 28.0. The smallest absolute Gasteiger partial charge is 0.483 e. The van der Waals surface area contributed by atoms with Gasteiger partial charge in [-0.25, -0.2) is 10.2 Å². The van der Waals surface area contributed by atoms with Crippen LogP contribution >= 0.6 is 0 Å². The highest BCUT2D eigenvalue weighted by atomic mass is 32.2. The molecule has 0 fully saturated rings. The van der Waals surface area contributed by atoms with Crippen molar-refractivity contribution in [3.63, 3.8) is 0 Å². The first-order valence-corrected chi connectivity index (χ1v) is 18.1. The van der Waals surface area contributed by atoms with Crippen molar-refractivity contribution in [3.8, 4) is 11.5 Å². The van der Waals surface area contributed by atoms with Gasteiger partial charge in [0.05, 0.1) is 6.21 Å². The van der Waals surface area contributed by atoms with Crippen molar-refractivity contribution in [1.29, 1.82) is 0 Å². The molecule has 0 aliphatic rings. The van der Waals surface area contributed by atoms with E-state index < -0.39 is 69.3 Å². The molecule has 5 aromatic rings. The fourth-order valence-electron chi connectivity index (χ4n) is 4.97. The number of rotatable bonds is 9. The first-order valence-electron chi connectivity index (χ1n) is 13.8. The van der Waals surface area contributed by atoms with E-state index in [4.69, 9.17) is 14.2 Å². The Kier molecular flexibility index (Phi) is 9.04. The van der Waals surface area contributed by atoms with Crippen molar-refractivity contribution < 1.29 is 62.7 Å². The van der Waals surface area contributed by atoms with E-state index in [1.807, 2.05) is 0 Å². The van der Waals surface area contributed by atoms with Gasteiger partial charge in [-0.1, -0.05) is 18.2 Å². The van der Waals surface area contributed by atoms with E-state index in [0.29, 0.717) is 11.6 Å². The van der Waals surface area contributed by atoms with E-state index in [9.17, 15) is 48.5 Å². The molecule has 0 aliphatic carbocycles. The summed E-state index contributed by atoms with van der Waals surface area (Å²) in [6.45, 7) is 4.31. The Hall–Kier alpha value is -4.92. The van der Waals surface area contributed by atoms with Gasteiger partial charge in [0.15, 0.2) is 6.61 Å². The van der Waals surface area contributed by atoms with Crippen molar-refractivity contribution in [2.24, 2.45) is 5.10 Å². The summed E-state index contributed by atoms with van der Waals surface area (Å²) in [4.78, 5) is 21.9. The largest absolute Gasteiger partial charge is 0.514 e. The topological polar surface area (TPSA) is 249 Å². The zero-order valence-electron chi connectivity index (χ0n) is 25.6. The van der Waals surface area contributed by atoms with Crippen LogP contribution in [0.25, 0.3) is 32.3 Å². The number of ether oxygens (including phenoxy) is 3. The Labute approximate surface area is 278 Å². The van der Waals surface area contributed by atoms with Crippen LogP contribution in [0.3, 0.4) is 0 Å². The number of carbonyl (C=O) groups is 2. The lowest BCUT2D eigenvalue weighted by atomic mass is 9.93. The minimum absolute atomic E-state index is 0.0549. The molecule has 0 atom stereocenters. The fourth-order valence-corrected chi connectivity index (χ4v) is 7.18. The Morgan fingerprint density at radius 2 is 1.20 bits per heavy atom. The van der Waals surface area contributed by atoms with Gasteiger partial charge in [-0.05, 0) is 62.7 Å². The van der Waals surface area contributed by atoms with Crippen molar-refractivity contribution >= 4 is 80.9 Å². The van der Waals surface area contributed by atoms with Gasteiger partial charge in [0.1, 0.15) is 31.8 Å². The summed E-state index contributed by atoms with van der Waals surface area (Å²) in [6.07, 6.45) is 0.377. The summed E-state index contributed by atoms with van der Waals surface area (Å²) in [6, 6.07) is 12.2. The molecule has 0 spiro atoms. The molecular weight excluding hydrogens is 709 g/mol. The normalized spacial score (nSPS) is 12.9. The molecule has 0 aliphatic heterocycles. The van der Waals surface area contributed by atoms with Gasteiger partial charge in [0, 0.05) is 38.4 Å². The van der Waals surface area contributed by atoms with E-state index in [1.54, 1.807) is 20.8 Å². The lowest BCUT2D eigenvalue weighted by Gasteiger charge is -2.18. The van der Waals surface area contributed by atoms with Crippen LogP contribution in [0.15, 0.2) is 80.5 Å². The van der Waals surface area contributed by atoms with Crippen molar-refractivity contribution in [2.75, 3.05) is 6.61 Å². The van der Waals surface area contributed by atoms with E-state index in [2.05, 4.69) is 10.5 Å². The average molecular weight is 735 g/mol. The summed E-state index contributed by atoms with van der Waals surface area (Å²) >= 11 is 0. The van der Waals surface area contributed by atoms with Crippen molar-refractivity contribution in [2.45, 2.75) is 41.1 Å².